The van der Waals surface area contributed by atoms with E-state index in [9.17, 15) is 5.11 Å². The van der Waals surface area contributed by atoms with Crippen molar-refractivity contribution < 1.29 is 14.6 Å². The molecule has 2 rings (SSSR count). The quantitative estimate of drug-likeness (QED) is 0.877. The maximum absolute atomic E-state index is 10.1. The summed E-state index contributed by atoms with van der Waals surface area (Å²) in [5.41, 5.74) is 0.866. The molecule has 0 aromatic heterocycles. The van der Waals surface area contributed by atoms with E-state index in [1.807, 2.05) is 18.2 Å². The predicted octanol–water partition coefficient (Wildman–Crippen LogP) is 2.93. The second kappa shape index (κ2) is 4.96. The minimum atomic E-state index is -0.423. The molecule has 0 fully saturated rings. The fourth-order valence-corrected chi connectivity index (χ4v) is 2.29. The fraction of sp³-hybridized carbons (Fsp3) is 0.571. The zero-order chi connectivity index (χ0) is 12.4. The Morgan fingerprint density at radius 3 is 2.88 bits per heavy atom. The lowest BCUT2D eigenvalue weighted by Gasteiger charge is -2.30. The van der Waals surface area contributed by atoms with Gasteiger partial charge >= 0.3 is 0 Å². The van der Waals surface area contributed by atoms with Crippen molar-refractivity contribution in [1.29, 1.82) is 0 Å². The third kappa shape index (κ3) is 2.72. The Morgan fingerprint density at radius 1 is 1.47 bits per heavy atom. The third-order valence-corrected chi connectivity index (χ3v) is 3.09. The summed E-state index contributed by atoms with van der Waals surface area (Å²) in [4.78, 5) is 0. The predicted molar refractivity (Wildman–Crippen MR) is 66.4 cm³/mol. The standard InChI is InChI=1S/C14H20O3/c1-9(2)6-11-7-13(15)12-5-4-10(16-3)8-14(12)17-11/h4-5,8-9,11,13,15H,6-7H2,1-3H3/t11?,13-/m0/s1. The summed E-state index contributed by atoms with van der Waals surface area (Å²) in [6, 6.07) is 5.59. The summed E-state index contributed by atoms with van der Waals surface area (Å²) in [6.07, 6.45) is 1.32. The van der Waals surface area contributed by atoms with Gasteiger partial charge in [0.05, 0.1) is 13.2 Å². The van der Waals surface area contributed by atoms with Crippen LogP contribution in [0.15, 0.2) is 18.2 Å². The van der Waals surface area contributed by atoms with Crippen LogP contribution in [0.1, 0.15) is 38.4 Å². The van der Waals surface area contributed by atoms with Gasteiger partial charge in [0.15, 0.2) is 0 Å². The first kappa shape index (κ1) is 12.2. The van der Waals surface area contributed by atoms with Gasteiger partial charge in [0.2, 0.25) is 0 Å². The molecular weight excluding hydrogens is 216 g/mol. The first-order chi connectivity index (χ1) is 8.10. The molecule has 1 N–H and O–H groups in total. The van der Waals surface area contributed by atoms with Gasteiger partial charge in [0.1, 0.15) is 17.6 Å². The minimum Gasteiger partial charge on any atom is -0.497 e. The lowest BCUT2D eigenvalue weighted by molar-refractivity contribution is 0.0554. The second-order valence-electron chi connectivity index (χ2n) is 5.02. The van der Waals surface area contributed by atoms with Crippen molar-refractivity contribution in [1.82, 2.24) is 0 Å². The number of fused-ring (bicyclic) bond motifs is 1. The molecule has 0 radical (unpaired) electrons. The lowest BCUT2D eigenvalue weighted by atomic mass is 9.94. The molecular formula is C14H20O3. The maximum atomic E-state index is 10.1. The van der Waals surface area contributed by atoms with Crippen LogP contribution in [0.5, 0.6) is 11.5 Å². The number of ether oxygens (including phenoxy) is 2. The topological polar surface area (TPSA) is 38.7 Å². The van der Waals surface area contributed by atoms with Gasteiger partial charge in [-0.25, -0.2) is 0 Å². The van der Waals surface area contributed by atoms with Gasteiger partial charge in [-0.2, -0.15) is 0 Å². The third-order valence-electron chi connectivity index (χ3n) is 3.09. The van der Waals surface area contributed by atoms with Crippen molar-refractivity contribution >= 4 is 0 Å². The van der Waals surface area contributed by atoms with Crippen molar-refractivity contribution in [2.75, 3.05) is 7.11 Å². The van der Waals surface area contributed by atoms with E-state index >= 15 is 0 Å². The molecule has 1 aliphatic rings. The van der Waals surface area contributed by atoms with Crippen molar-refractivity contribution in [3.63, 3.8) is 0 Å². The van der Waals surface area contributed by atoms with Crippen LogP contribution in [0, 0.1) is 5.92 Å². The first-order valence-electron chi connectivity index (χ1n) is 6.12. The van der Waals surface area contributed by atoms with Gasteiger partial charge in [-0.05, 0) is 24.5 Å². The SMILES string of the molecule is COc1ccc2c(c1)OC(CC(C)C)C[C@@H]2O. The summed E-state index contributed by atoms with van der Waals surface area (Å²) in [5, 5.41) is 10.1. The van der Waals surface area contributed by atoms with E-state index in [1.165, 1.54) is 0 Å². The normalized spacial score (nSPS) is 23.1. The highest BCUT2D eigenvalue weighted by Crippen LogP contribution is 2.38. The summed E-state index contributed by atoms with van der Waals surface area (Å²) >= 11 is 0. The molecule has 3 nitrogen and oxygen atoms in total. The average molecular weight is 236 g/mol. The van der Waals surface area contributed by atoms with Crippen LogP contribution in [-0.2, 0) is 0 Å². The fourth-order valence-electron chi connectivity index (χ4n) is 2.29. The summed E-state index contributed by atoms with van der Waals surface area (Å²) in [5.74, 6) is 2.09. The van der Waals surface area contributed by atoms with E-state index in [0.717, 1.165) is 23.5 Å². The van der Waals surface area contributed by atoms with Crippen molar-refractivity contribution in [2.24, 2.45) is 5.92 Å². The Labute approximate surface area is 102 Å². The van der Waals surface area contributed by atoms with Gasteiger partial charge in [-0.1, -0.05) is 13.8 Å². The average Bonchev–Trinajstić information content (AvgIpc) is 2.27. The second-order valence-corrected chi connectivity index (χ2v) is 5.02. The molecule has 0 aliphatic carbocycles. The van der Waals surface area contributed by atoms with E-state index in [0.29, 0.717) is 12.3 Å². The summed E-state index contributed by atoms with van der Waals surface area (Å²) in [6.45, 7) is 4.33. The van der Waals surface area contributed by atoms with Crippen molar-refractivity contribution in [2.45, 2.75) is 38.9 Å². The minimum absolute atomic E-state index is 0.101. The number of aliphatic hydroxyl groups is 1. The number of rotatable bonds is 3. The van der Waals surface area contributed by atoms with E-state index in [-0.39, 0.29) is 6.10 Å². The van der Waals surface area contributed by atoms with Gasteiger partial charge in [0, 0.05) is 18.1 Å². The van der Waals surface area contributed by atoms with Crippen LogP contribution in [0.25, 0.3) is 0 Å². The molecule has 2 atom stereocenters. The molecule has 0 saturated heterocycles. The van der Waals surface area contributed by atoms with Crippen LogP contribution in [-0.4, -0.2) is 18.3 Å². The Morgan fingerprint density at radius 2 is 2.24 bits per heavy atom. The molecule has 1 aromatic rings. The molecule has 94 valence electrons. The highest BCUT2D eigenvalue weighted by Gasteiger charge is 2.27. The van der Waals surface area contributed by atoms with Gasteiger partial charge in [-0.3, -0.25) is 0 Å². The van der Waals surface area contributed by atoms with Gasteiger partial charge < -0.3 is 14.6 Å². The Hall–Kier alpha value is -1.22. The van der Waals surface area contributed by atoms with Gasteiger partial charge in [0.25, 0.3) is 0 Å². The molecule has 0 spiro atoms. The molecule has 0 amide bonds. The summed E-state index contributed by atoms with van der Waals surface area (Å²) in [7, 11) is 1.63. The van der Waals surface area contributed by atoms with Crippen LogP contribution in [0.2, 0.25) is 0 Å². The van der Waals surface area contributed by atoms with Crippen LogP contribution >= 0.6 is 0 Å². The number of methoxy groups -OCH3 is 1. The number of hydrogen-bond acceptors (Lipinski definition) is 3. The summed E-state index contributed by atoms with van der Waals surface area (Å²) < 4.78 is 11.1. The molecule has 3 heteroatoms. The van der Waals surface area contributed by atoms with Gasteiger partial charge in [-0.15, -0.1) is 0 Å². The Bertz CT molecular complexity index is 387. The van der Waals surface area contributed by atoms with E-state index < -0.39 is 6.10 Å². The van der Waals surface area contributed by atoms with Crippen LogP contribution in [0.3, 0.4) is 0 Å². The van der Waals surface area contributed by atoms with Crippen molar-refractivity contribution in [3.05, 3.63) is 23.8 Å². The largest absolute Gasteiger partial charge is 0.497 e. The first-order valence-corrected chi connectivity index (χ1v) is 6.12. The van der Waals surface area contributed by atoms with Crippen molar-refractivity contribution in [3.8, 4) is 11.5 Å². The zero-order valence-corrected chi connectivity index (χ0v) is 10.6. The number of aliphatic hydroxyl groups excluding tert-OH is 1. The highest BCUT2D eigenvalue weighted by atomic mass is 16.5. The highest BCUT2D eigenvalue weighted by molar-refractivity contribution is 5.43. The zero-order valence-electron chi connectivity index (χ0n) is 10.6. The molecule has 1 heterocycles. The molecule has 1 aliphatic heterocycles. The Kier molecular flexibility index (Phi) is 3.57. The van der Waals surface area contributed by atoms with E-state index in [4.69, 9.17) is 9.47 Å². The molecule has 0 saturated carbocycles. The lowest BCUT2D eigenvalue weighted by Crippen LogP contribution is -2.27. The van der Waals surface area contributed by atoms with E-state index in [2.05, 4.69) is 13.8 Å². The molecule has 1 aromatic carbocycles. The number of hydrogen-bond donors (Lipinski definition) is 1. The Balaban J connectivity index is 2.21. The van der Waals surface area contributed by atoms with E-state index in [1.54, 1.807) is 7.11 Å². The monoisotopic (exact) mass is 236 g/mol. The van der Waals surface area contributed by atoms with Crippen LogP contribution < -0.4 is 9.47 Å². The van der Waals surface area contributed by atoms with Crippen LogP contribution in [0.4, 0.5) is 0 Å². The number of benzene rings is 1. The molecule has 17 heavy (non-hydrogen) atoms. The smallest absolute Gasteiger partial charge is 0.129 e. The molecule has 1 unspecified atom stereocenters. The molecule has 0 bridgehead atoms. The maximum Gasteiger partial charge on any atom is 0.129 e.